The van der Waals surface area contributed by atoms with Gasteiger partial charge in [-0.25, -0.2) is 4.79 Å². The van der Waals surface area contributed by atoms with E-state index in [1.165, 1.54) is 55.5 Å². The van der Waals surface area contributed by atoms with Gasteiger partial charge in [0.1, 0.15) is 0 Å². The van der Waals surface area contributed by atoms with Gasteiger partial charge in [-0.05, 0) is 59.3 Å². The quantitative estimate of drug-likeness (QED) is 0.707. The van der Waals surface area contributed by atoms with E-state index in [2.05, 4.69) is 42.7 Å². The number of carbonyl (C=O) groups is 1. The summed E-state index contributed by atoms with van der Waals surface area (Å²) in [6, 6.07) is 0.553. The van der Waals surface area contributed by atoms with Crippen LogP contribution in [0.4, 0.5) is 4.79 Å². The Morgan fingerprint density at radius 1 is 1.14 bits per heavy atom. The van der Waals surface area contributed by atoms with Gasteiger partial charge in [-0.2, -0.15) is 0 Å². The summed E-state index contributed by atoms with van der Waals surface area (Å²) in [6.45, 7) is 6.20. The smallest absolute Gasteiger partial charge is 0.322 e. The number of fused-ring (bicyclic) bond motifs is 1. The number of hydrogen-bond acceptors (Lipinski definition) is 2. The van der Waals surface area contributed by atoms with E-state index >= 15 is 0 Å². The Morgan fingerprint density at radius 3 is 2.62 bits per heavy atom. The molecule has 3 aliphatic rings. The lowest BCUT2D eigenvalue weighted by Crippen LogP contribution is -2.56. The number of thioether (sulfide) groups is 1. The molecule has 0 radical (unpaired) electrons. The van der Waals surface area contributed by atoms with E-state index in [0.29, 0.717) is 11.3 Å². The molecule has 3 rings (SSSR count). The Morgan fingerprint density at radius 2 is 1.86 bits per heavy atom. The number of urea groups is 1. The largest absolute Gasteiger partial charge is 0.333 e. The van der Waals surface area contributed by atoms with E-state index in [-0.39, 0.29) is 11.6 Å². The van der Waals surface area contributed by atoms with Crippen LogP contribution in [0.5, 0.6) is 0 Å². The lowest BCUT2D eigenvalue weighted by molar-refractivity contribution is 0.166. The minimum atomic E-state index is -0.165. The van der Waals surface area contributed by atoms with Gasteiger partial charge in [-0.3, -0.25) is 4.90 Å². The second-order valence-corrected chi connectivity index (χ2v) is 8.97. The zero-order chi connectivity index (χ0) is 15.0. The van der Waals surface area contributed by atoms with Crippen LogP contribution in [0.15, 0.2) is 10.6 Å². The highest BCUT2D eigenvalue weighted by Crippen LogP contribution is 2.47. The fourth-order valence-electron chi connectivity index (χ4n) is 3.79. The first kappa shape index (κ1) is 15.3. The molecule has 2 amide bonds. The molecule has 1 saturated carbocycles. The molecule has 0 aromatic heterocycles. The van der Waals surface area contributed by atoms with Crippen molar-refractivity contribution in [3.8, 4) is 0 Å². The Hall–Kier alpha value is -0.640. The molecule has 1 aliphatic heterocycles. The highest BCUT2D eigenvalue weighted by molar-refractivity contribution is 8.03. The van der Waals surface area contributed by atoms with Gasteiger partial charge in [-0.15, -0.1) is 11.8 Å². The molecule has 1 N–H and O–H groups in total. The Labute approximate surface area is 132 Å². The topological polar surface area (TPSA) is 32.3 Å². The molecule has 2 unspecified atom stereocenters. The van der Waals surface area contributed by atoms with Crippen molar-refractivity contribution in [3.63, 3.8) is 0 Å². The zero-order valence-electron chi connectivity index (χ0n) is 13.6. The Balaban J connectivity index is 1.90. The van der Waals surface area contributed by atoms with Crippen molar-refractivity contribution in [1.82, 2.24) is 10.2 Å². The van der Waals surface area contributed by atoms with Gasteiger partial charge < -0.3 is 5.32 Å². The fourth-order valence-corrected chi connectivity index (χ4v) is 5.45. The van der Waals surface area contributed by atoms with Gasteiger partial charge in [0.05, 0.1) is 6.04 Å². The molecule has 2 atom stereocenters. The number of rotatable bonds is 0. The molecule has 4 heteroatoms. The van der Waals surface area contributed by atoms with E-state index in [4.69, 9.17) is 0 Å². The van der Waals surface area contributed by atoms with Crippen LogP contribution in [-0.4, -0.2) is 27.8 Å². The second-order valence-electron chi connectivity index (χ2n) is 7.64. The molecule has 0 saturated heterocycles. The first-order chi connectivity index (χ1) is 9.96. The van der Waals surface area contributed by atoms with Crippen molar-refractivity contribution in [2.75, 3.05) is 0 Å². The van der Waals surface area contributed by atoms with E-state index in [1.807, 2.05) is 0 Å². The number of nitrogens with one attached hydrogen (secondary N) is 1. The fraction of sp³-hybridized carbons (Fsp3) is 0.824. The van der Waals surface area contributed by atoms with Gasteiger partial charge in [0, 0.05) is 21.4 Å². The summed E-state index contributed by atoms with van der Waals surface area (Å²) in [5, 5.41) is 3.82. The van der Waals surface area contributed by atoms with Crippen molar-refractivity contribution in [1.29, 1.82) is 0 Å². The summed E-state index contributed by atoms with van der Waals surface area (Å²) in [5.74, 6) is 0. The monoisotopic (exact) mass is 308 g/mol. The first-order valence-electron chi connectivity index (χ1n) is 8.46. The first-order valence-corrected chi connectivity index (χ1v) is 9.34. The maximum absolute atomic E-state index is 12.9. The molecular formula is C17H28N2OS. The maximum atomic E-state index is 12.9. The predicted octanol–water partition coefficient (Wildman–Crippen LogP) is 4.64. The molecule has 0 bridgehead atoms. The van der Waals surface area contributed by atoms with E-state index < -0.39 is 0 Å². The van der Waals surface area contributed by atoms with Crippen molar-refractivity contribution in [3.05, 3.63) is 10.6 Å². The lowest BCUT2D eigenvalue weighted by Gasteiger charge is -2.47. The molecule has 21 heavy (non-hydrogen) atoms. The van der Waals surface area contributed by atoms with Crippen molar-refractivity contribution in [2.24, 2.45) is 0 Å². The van der Waals surface area contributed by atoms with Crippen molar-refractivity contribution >= 4 is 17.8 Å². The number of carbonyl (C=O) groups excluding carboxylic acids is 1. The molecule has 3 nitrogen and oxygen atoms in total. The number of hydrogen-bond donors (Lipinski definition) is 1. The maximum Gasteiger partial charge on any atom is 0.322 e. The summed E-state index contributed by atoms with van der Waals surface area (Å²) in [4.78, 5) is 16.6. The highest BCUT2D eigenvalue weighted by atomic mass is 32.2. The normalized spacial score (nSPS) is 29.8. The van der Waals surface area contributed by atoms with Crippen molar-refractivity contribution in [2.45, 2.75) is 89.0 Å². The average molecular weight is 308 g/mol. The molecule has 0 aromatic rings. The zero-order valence-corrected chi connectivity index (χ0v) is 14.4. The highest BCUT2D eigenvalue weighted by Gasteiger charge is 2.41. The van der Waals surface area contributed by atoms with Gasteiger partial charge >= 0.3 is 6.03 Å². The van der Waals surface area contributed by atoms with Gasteiger partial charge in [0.15, 0.2) is 0 Å². The van der Waals surface area contributed by atoms with Crippen LogP contribution in [0.25, 0.3) is 0 Å². The van der Waals surface area contributed by atoms with Crippen LogP contribution in [0.2, 0.25) is 0 Å². The van der Waals surface area contributed by atoms with Gasteiger partial charge in [0.25, 0.3) is 0 Å². The minimum Gasteiger partial charge on any atom is -0.333 e. The summed E-state index contributed by atoms with van der Waals surface area (Å²) >= 11 is 2.10. The van der Waals surface area contributed by atoms with Crippen LogP contribution in [-0.2, 0) is 0 Å². The van der Waals surface area contributed by atoms with Crippen LogP contribution in [0, 0.1) is 0 Å². The Bertz CT molecular complexity index is 452. The third-order valence-electron chi connectivity index (χ3n) is 4.67. The molecule has 0 spiro atoms. The van der Waals surface area contributed by atoms with Crippen LogP contribution in [0.3, 0.4) is 0 Å². The standard InChI is InChI=1S/C17H28N2OS/c1-17(2,3)18-16(20)19-12-8-4-6-10-14(12)21-15-11-7-5-9-13(15)19/h12,14H,4-11H2,1-3H3,(H,18,20). The number of allylic oxidation sites excluding steroid dienone is 2. The third-order valence-corrected chi connectivity index (χ3v) is 6.25. The van der Waals surface area contributed by atoms with Gasteiger partial charge in [0.2, 0.25) is 0 Å². The van der Waals surface area contributed by atoms with E-state index in [9.17, 15) is 4.79 Å². The molecule has 2 aliphatic carbocycles. The predicted molar refractivity (Wildman–Crippen MR) is 89.3 cm³/mol. The number of nitrogens with zero attached hydrogens (tertiary/aromatic N) is 1. The van der Waals surface area contributed by atoms with E-state index in [0.717, 1.165) is 6.42 Å². The summed E-state index contributed by atoms with van der Waals surface area (Å²) in [5.41, 5.74) is 1.18. The molecule has 0 aromatic carbocycles. The molecule has 1 fully saturated rings. The molecule has 118 valence electrons. The summed E-state index contributed by atoms with van der Waals surface area (Å²) in [6.07, 6.45) is 9.83. The second kappa shape index (κ2) is 5.86. The SMILES string of the molecule is CC(C)(C)NC(=O)N1C2=C(CCCC2)SC2CCCCC21. The van der Waals surface area contributed by atoms with Crippen LogP contribution in [0.1, 0.15) is 72.1 Å². The molecule has 1 heterocycles. The van der Waals surface area contributed by atoms with Gasteiger partial charge in [-0.1, -0.05) is 12.8 Å². The van der Waals surface area contributed by atoms with Crippen LogP contribution < -0.4 is 5.32 Å². The van der Waals surface area contributed by atoms with Crippen LogP contribution >= 0.6 is 11.8 Å². The average Bonchev–Trinajstić information content (AvgIpc) is 2.42. The van der Waals surface area contributed by atoms with E-state index in [1.54, 1.807) is 0 Å². The summed E-state index contributed by atoms with van der Waals surface area (Å²) in [7, 11) is 0. The Kier molecular flexibility index (Phi) is 4.26. The third kappa shape index (κ3) is 3.25. The number of amides is 2. The molecular weight excluding hydrogens is 280 g/mol. The lowest BCUT2D eigenvalue weighted by atomic mass is 9.91. The van der Waals surface area contributed by atoms with Crippen molar-refractivity contribution < 1.29 is 4.79 Å². The summed E-state index contributed by atoms with van der Waals surface area (Å²) < 4.78 is 0. The minimum absolute atomic E-state index is 0.133.